The lowest BCUT2D eigenvalue weighted by Crippen LogP contribution is -2.20. The number of nitrogens with zero attached hydrogens (tertiary/aromatic N) is 1. The van der Waals surface area contributed by atoms with Gasteiger partial charge in [-0.05, 0) is 18.9 Å². The minimum Gasteiger partial charge on any atom is -0.465 e. The summed E-state index contributed by atoms with van der Waals surface area (Å²) >= 11 is 0. The van der Waals surface area contributed by atoms with Gasteiger partial charge in [-0.2, -0.15) is 0 Å². The first-order chi connectivity index (χ1) is 10.2. The molecule has 116 valence electrons. The van der Waals surface area contributed by atoms with Crippen molar-refractivity contribution in [2.75, 3.05) is 31.3 Å². The van der Waals surface area contributed by atoms with Crippen LogP contribution in [0.5, 0.6) is 0 Å². The number of hydrogen-bond donors (Lipinski definition) is 2. The Kier molecular flexibility index (Phi) is 5.80. The standard InChI is InChI=1S/C15H23N3O3/c1-20-15(19)12-9-14(18-10-13(12)16)17-7-8-21-11-5-3-2-4-6-11/h9-11H,2-8,16H2,1H3,(H,17,18). The second-order valence-electron chi connectivity index (χ2n) is 5.21. The molecule has 0 atom stereocenters. The van der Waals surface area contributed by atoms with E-state index in [0.717, 1.165) is 12.8 Å². The number of carbonyl (C=O) groups excluding carboxylic acids is 1. The van der Waals surface area contributed by atoms with Gasteiger partial charge in [0, 0.05) is 6.54 Å². The number of nitrogens with two attached hydrogens (primary N) is 1. The monoisotopic (exact) mass is 293 g/mol. The van der Waals surface area contributed by atoms with Crippen LogP contribution in [0.25, 0.3) is 0 Å². The highest BCUT2D eigenvalue weighted by Gasteiger charge is 2.14. The van der Waals surface area contributed by atoms with Gasteiger partial charge >= 0.3 is 5.97 Å². The van der Waals surface area contributed by atoms with E-state index in [2.05, 4.69) is 15.0 Å². The van der Waals surface area contributed by atoms with Crippen molar-refractivity contribution in [3.05, 3.63) is 17.8 Å². The quantitative estimate of drug-likeness (QED) is 0.618. The van der Waals surface area contributed by atoms with E-state index >= 15 is 0 Å². The molecule has 2 rings (SSSR count). The number of aromatic nitrogens is 1. The van der Waals surface area contributed by atoms with E-state index in [0.29, 0.717) is 36.3 Å². The summed E-state index contributed by atoms with van der Waals surface area (Å²) in [5, 5.41) is 3.13. The van der Waals surface area contributed by atoms with Crippen LogP contribution in [0.1, 0.15) is 42.5 Å². The number of ether oxygens (including phenoxy) is 2. The number of rotatable bonds is 6. The fraction of sp³-hybridized carbons (Fsp3) is 0.600. The molecule has 1 aromatic rings. The van der Waals surface area contributed by atoms with Crippen LogP contribution < -0.4 is 11.1 Å². The van der Waals surface area contributed by atoms with Crippen LogP contribution in [0, 0.1) is 0 Å². The second kappa shape index (κ2) is 7.83. The molecule has 1 aromatic heterocycles. The Morgan fingerprint density at radius 2 is 2.19 bits per heavy atom. The number of nitrogens with one attached hydrogen (secondary N) is 1. The molecule has 6 nitrogen and oxygen atoms in total. The summed E-state index contributed by atoms with van der Waals surface area (Å²) in [5.41, 5.74) is 6.34. The van der Waals surface area contributed by atoms with E-state index < -0.39 is 5.97 Å². The molecule has 6 heteroatoms. The lowest BCUT2D eigenvalue weighted by atomic mass is 9.98. The third-order valence-corrected chi connectivity index (χ3v) is 3.65. The predicted molar refractivity (Wildman–Crippen MR) is 81.3 cm³/mol. The van der Waals surface area contributed by atoms with Crippen molar-refractivity contribution in [2.45, 2.75) is 38.2 Å². The molecular formula is C15H23N3O3. The number of nitrogen functional groups attached to an aromatic ring is 1. The van der Waals surface area contributed by atoms with Crippen LogP contribution >= 0.6 is 0 Å². The molecule has 1 fully saturated rings. The van der Waals surface area contributed by atoms with E-state index in [-0.39, 0.29) is 0 Å². The Labute approximate surface area is 125 Å². The van der Waals surface area contributed by atoms with Crippen molar-refractivity contribution in [3.63, 3.8) is 0 Å². The molecule has 1 aliphatic carbocycles. The first kappa shape index (κ1) is 15.6. The molecule has 0 amide bonds. The molecular weight excluding hydrogens is 270 g/mol. The summed E-state index contributed by atoms with van der Waals surface area (Å²) < 4.78 is 10.5. The van der Waals surface area contributed by atoms with Crippen LogP contribution in [-0.4, -0.2) is 37.3 Å². The van der Waals surface area contributed by atoms with Gasteiger partial charge in [-0.3, -0.25) is 0 Å². The van der Waals surface area contributed by atoms with Gasteiger partial charge < -0.3 is 20.5 Å². The number of pyridine rings is 1. The van der Waals surface area contributed by atoms with Crippen LogP contribution in [0.2, 0.25) is 0 Å². The summed E-state index contributed by atoms with van der Waals surface area (Å²) in [6, 6.07) is 1.60. The number of anilines is 2. The van der Waals surface area contributed by atoms with E-state index in [9.17, 15) is 4.79 Å². The molecule has 3 N–H and O–H groups in total. The lowest BCUT2D eigenvalue weighted by molar-refractivity contribution is 0.0347. The summed E-state index contributed by atoms with van der Waals surface area (Å²) in [6.45, 7) is 1.28. The van der Waals surface area contributed by atoms with E-state index in [1.807, 2.05) is 0 Å². The smallest absolute Gasteiger partial charge is 0.340 e. The van der Waals surface area contributed by atoms with Crippen molar-refractivity contribution in [1.82, 2.24) is 4.98 Å². The maximum absolute atomic E-state index is 11.5. The molecule has 0 aliphatic heterocycles. The van der Waals surface area contributed by atoms with Gasteiger partial charge in [-0.15, -0.1) is 0 Å². The number of methoxy groups -OCH3 is 1. The molecule has 1 saturated carbocycles. The van der Waals surface area contributed by atoms with Crippen LogP contribution in [0.15, 0.2) is 12.3 Å². The third-order valence-electron chi connectivity index (χ3n) is 3.65. The van der Waals surface area contributed by atoms with Gasteiger partial charge in [0.05, 0.1) is 37.3 Å². The molecule has 0 spiro atoms. The number of hydrogen-bond acceptors (Lipinski definition) is 6. The molecule has 0 radical (unpaired) electrons. The Hall–Kier alpha value is -1.82. The molecule has 0 aromatic carbocycles. The van der Waals surface area contributed by atoms with Crippen molar-refractivity contribution in [2.24, 2.45) is 0 Å². The topological polar surface area (TPSA) is 86.5 Å². The minimum atomic E-state index is -0.462. The van der Waals surface area contributed by atoms with Crippen LogP contribution in [-0.2, 0) is 9.47 Å². The summed E-state index contributed by atoms with van der Waals surface area (Å²) in [6.07, 6.45) is 8.02. The van der Waals surface area contributed by atoms with E-state index in [4.69, 9.17) is 10.5 Å². The van der Waals surface area contributed by atoms with Gasteiger partial charge in [-0.1, -0.05) is 19.3 Å². The van der Waals surface area contributed by atoms with E-state index in [1.165, 1.54) is 32.6 Å². The SMILES string of the molecule is COC(=O)c1cc(NCCOC2CCCCC2)ncc1N. The molecule has 0 unspecified atom stereocenters. The minimum absolute atomic E-state index is 0.311. The Balaban J connectivity index is 1.78. The highest BCUT2D eigenvalue weighted by molar-refractivity contribution is 5.95. The van der Waals surface area contributed by atoms with Crippen molar-refractivity contribution in [1.29, 1.82) is 0 Å². The van der Waals surface area contributed by atoms with Gasteiger partial charge in [-0.25, -0.2) is 9.78 Å². The zero-order valence-electron chi connectivity index (χ0n) is 12.4. The molecule has 1 heterocycles. The maximum atomic E-state index is 11.5. The average molecular weight is 293 g/mol. The molecule has 21 heavy (non-hydrogen) atoms. The summed E-state index contributed by atoms with van der Waals surface area (Å²) in [5.74, 6) is 0.133. The van der Waals surface area contributed by atoms with Crippen molar-refractivity contribution >= 4 is 17.5 Å². The van der Waals surface area contributed by atoms with Crippen LogP contribution in [0.4, 0.5) is 11.5 Å². The predicted octanol–water partition coefficient (Wildman–Crippen LogP) is 2.21. The Morgan fingerprint density at radius 1 is 1.43 bits per heavy atom. The maximum Gasteiger partial charge on any atom is 0.340 e. The highest BCUT2D eigenvalue weighted by Crippen LogP contribution is 2.20. The zero-order chi connectivity index (χ0) is 15.1. The Bertz CT molecular complexity index is 473. The normalized spacial score (nSPS) is 15.7. The highest BCUT2D eigenvalue weighted by atomic mass is 16.5. The fourth-order valence-electron chi connectivity index (χ4n) is 2.49. The first-order valence-corrected chi connectivity index (χ1v) is 7.40. The van der Waals surface area contributed by atoms with Gasteiger partial charge in [0.2, 0.25) is 0 Å². The largest absolute Gasteiger partial charge is 0.465 e. The Morgan fingerprint density at radius 3 is 2.90 bits per heavy atom. The first-order valence-electron chi connectivity index (χ1n) is 7.40. The van der Waals surface area contributed by atoms with Gasteiger partial charge in [0.25, 0.3) is 0 Å². The fourth-order valence-corrected chi connectivity index (χ4v) is 2.49. The molecule has 0 bridgehead atoms. The number of carbonyl (C=O) groups is 1. The van der Waals surface area contributed by atoms with Gasteiger partial charge in [0.15, 0.2) is 0 Å². The third kappa shape index (κ3) is 4.60. The summed E-state index contributed by atoms with van der Waals surface area (Å²) in [4.78, 5) is 15.7. The molecule has 1 aliphatic rings. The van der Waals surface area contributed by atoms with Crippen LogP contribution in [0.3, 0.4) is 0 Å². The lowest BCUT2D eigenvalue weighted by Gasteiger charge is -2.22. The van der Waals surface area contributed by atoms with Gasteiger partial charge in [0.1, 0.15) is 5.82 Å². The van der Waals surface area contributed by atoms with Crippen molar-refractivity contribution in [3.8, 4) is 0 Å². The van der Waals surface area contributed by atoms with Crippen molar-refractivity contribution < 1.29 is 14.3 Å². The zero-order valence-corrected chi connectivity index (χ0v) is 12.4. The van der Waals surface area contributed by atoms with E-state index in [1.54, 1.807) is 6.07 Å². The summed E-state index contributed by atoms with van der Waals surface area (Å²) in [7, 11) is 1.33. The number of esters is 1. The molecule has 0 saturated heterocycles. The second-order valence-corrected chi connectivity index (χ2v) is 5.21. The average Bonchev–Trinajstić information content (AvgIpc) is 2.53.